The van der Waals surface area contributed by atoms with Crippen LogP contribution in [0.5, 0.6) is 5.75 Å². The Labute approximate surface area is 223 Å². The summed E-state index contributed by atoms with van der Waals surface area (Å²) < 4.78 is 41.6. The van der Waals surface area contributed by atoms with Gasteiger partial charge in [0, 0.05) is 35.8 Å². The van der Waals surface area contributed by atoms with Gasteiger partial charge in [-0.2, -0.15) is 8.78 Å². The predicted molar refractivity (Wildman–Crippen MR) is 141 cm³/mol. The first-order valence-electron chi connectivity index (χ1n) is 12.3. The molecule has 12 heteroatoms. The van der Waals surface area contributed by atoms with E-state index >= 15 is 0 Å². The molecule has 39 heavy (non-hydrogen) atoms. The number of rotatable bonds is 14. The summed E-state index contributed by atoms with van der Waals surface area (Å²) in [6, 6.07) is 11.7. The van der Waals surface area contributed by atoms with Crippen LogP contribution in [0.1, 0.15) is 15.9 Å². The number of amides is 1. The average molecular weight is 542 g/mol. The fourth-order valence-corrected chi connectivity index (χ4v) is 3.88. The monoisotopic (exact) mass is 541 g/mol. The van der Waals surface area contributed by atoms with Crippen LogP contribution in [0, 0.1) is 6.92 Å². The molecule has 0 saturated heterocycles. The molecule has 206 valence electrons. The van der Waals surface area contributed by atoms with Crippen LogP contribution < -0.4 is 15.4 Å². The summed E-state index contributed by atoms with van der Waals surface area (Å²) in [4.78, 5) is 21.5. The highest BCUT2D eigenvalue weighted by molar-refractivity contribution is 5.96. The average Bonchev–Trinajstić information content (AvgIpc) is 3.35. The van der Waals surface area contributed by atoms with E-state index in [1.54, 1.807) is 42.9 Å². The molecule has 10 nitrogen and oxygen atoms in total. The maximum Gasteiger partial charge on any atom is 0.387 e. The third-order valence-corrected chi connectivity index (χ3v) is 5.68. The Bertz CT molecular complexity index is 1380. The molecule has 0 aliphatic rings. The first kappa shape index (κ1) is 27.9. The van der Waals surface area contributed by atoms with Crippen molar-refractivity contribution in [2.75, 3.05) is 44.9 Å². The van der Waals surface area contributed by atoms with Crippen molar-refractivity contribution in [3.05, 3.63) is 72.2 Å². The van der Waals surface area contributed by atoms with Gasteiger partial charge in [-0.1, -0.05) is 0 Å². The number of fused-ring (bicyclic) bond motifs is 1. The molecular formula is C27H29F2N5O5. The van der Waals surface area contributed by atoms with E-state index in [9.17, 15) is 13.6 Å². The molecule has 4 rings (SSSR count). The number of hydrogen-bond donors (Lipinski definition) is 3. The van der Waals surface area contributed by atoms with Gasteiger partial charge in [0.1, 0.15) is 5.75 Å². The number of aliphatic hydroxyl groups is 1. The van der Waals surface area contributed by atoms with E-state index in [2.05, 4.69) is 25.3 Å². The van der Waals surface area contributed by atoms with Crippen molar-refractivity contribution in [3.8, 4) is 17.0 Å². The minimum atomic E-state index is -2.88. The van der Waals surface area contributed by atoms with E-state index in [1.165, 1.54) is 12.1 Å². The van der Waals surface area contributed by atoms with E-state index in [0.717, 1.165) is 22.5 Å². The summed E-state index contributed by atoms with van der Waals surface area (Å²) in [6.07, 6.45) is 5.07. The molecular weight excluding hydrogens is 512 g/mol. The smallest absolute Gasteiger partial charge is 0.387 e. The molecule has 0 aliphatic carbocycles. The van der Waals surface area contributed by atoms with Crippen molar-refractivity contribution in [2.24, 2.45) is 0 Å². The number of alkyl halides is 2. The molecule has 0 atom stereocenters. The van der Waals surface area contributed by atoms with Crippen LogP contribution in [-0.4, -0.2) is 71.6 Å². The van der Waals surface area contributed by atoms with Gasteiger partial charge < -0.3 is 30.0 Å². The topological polar surface area (TPSA) is 119 Å². The molecule has 0 bridgehead atoms. The van der Waals surface area contributed by atoms with Crippen LogP contribution in [0.25, 0.3) is 16.9 Å². The Morgan fingerprint density at radius 3 is 2.54 bits per heavy atom. The standard InChI is InChI=1S/C27H29F2N5O5/c1-18-16-20(4-7-22(18)26(36)31-9-12-37-14-15-38-13-11-35)33-24-25-32-17-23(34(25)10-8-30-24)19-2-5-21(6-3-19)39-27(28)29/h2-8,10,16-17,27,35H,9,11-15H2,1H3,(H,30,33)(H,31,36). The number of halogens is 2. The van der Waals surface area contributed by atoms with Gasteiger partial charge in [-0.15, -0.1) is 0 Å². The highest BCUT2D eigenvalue weighted by atomic mass is 19.3. The van der Waals surface area contributed by atoms with Gasteiger partial charge in [0.2, 0.25) is 0 Å². The van der Waals surface area contributed by atoms with Gasteiger partial charge in [-0.05, 0) is 55.0 Å². The Morgan fingerprint density at radius 1 is 1.05 bits per heavy atom. The molecule has 0 aliphatic heterocycles. The zero-order valence-corrected chi connectivity index (χ0v) is 21.3. The summed E-state index contributed by atoms with van der Waals surface area (Å²) >= 11 is 0. The Morgan fingerprint density at radius 2 is 1.82 bits per heavy atom. The quantitative estimate of drug-likeness (QED) is 0.206. The molecule has 4 aromatic rings. The lowest BCUT2D eigenvalue weighted by atomic mass is 10.1. The van der Waals surface area contributed by atoms with Crippen molar-refractivity contribution in [1.82, 2.24) is 19.7 Å². The fraction of sp³-hybridized carbons (Fsp3) is 0.296. The second-order valence-corrected chi connectivity index (χ2v) is 8.37. The van der Waals surface area contributed by atoms with Crippen LogP contribution in [0.15, 0.2) is 61.1 Å². The number of carbonyl (C=O) groups excluding carboxylic acids is 1. The van der Waals surface area contributed by atoms with Crippen LogP contribution in [0.3, 0.4) is 0 Å². The minimum Gasteiger partial charge on any atom is -0.435 e. The van der Waals surface area contributed by atoms with Gasteiger partial charge in [-0.3, -0.25) is 9.20 Å². The largest absolute Gasteiger partial charge is 0.435 e. The summed E-state index contributed by atoms with van der Waals surface area (Å²) in [5.74, 6) is 0.383. The second-order valence-electron chi connectivity index (χ2n) is 8.37. The van der Waals surface area contributed by atoms with Gasteiger partial charge in [0.25, 0.3) is 5.91 Å². The van der Waals surface area contributed by atoms with E-state index in [-0.39, 0.29) is 24.9 Å². The van der Waals surface area contributed by atoms with Gasteiger partial charge >= 0.3 is 6.61 Å². The number of imidazole rings is 1. The molecule has 2 aromatic carbocycles. The molecule has 1 amide bonds. The number of hydrogen-bond acceptors (Lipinski definition) is 8. The number of nitrogens with zero attached hydrogens (tertiary/aromatic N) is 3. The number of benzene rings is 2. The summed E-state index contributed by atoms with van der Waals surface area (Å²) in [7, 11) is 0. The first-order chi connectivity index (χ1) is 19.0. The van der Waals surface area contributed by atoms with E-state index < -0.39 is 6.61 Å². The number of ether oxygens (including phenoxy) is 3. The lowest BCUT2D eigenvalue weighted by Gasteiger charge is -2.12. The first-order valence-corrected chi connectivity index (χ1v) is 12.3. The van der Waals surface area contributed by atoms with Gasteiger partial charge in [0.05, 0.1) is 44.9 Å². The van der Waals surface area contributed by atoms with E-state index in [1.807, 2.05) is 17.4 Å². The van der Waals surface area contributed by atoms with Crippen molar-refractivity contribution in [2.45, 2.75) is 13.5 Å². The third-order valence-electron chi connectivity index (χ3n) is 5.68. The zero-order valence-electron chi connectivity index (χ0n) is 21.3. The maximum atomic E-state index is 12.6. The lowest BCUT2D eigenvalue weighted by molar-refractivity contribution is -0.0498. The molecule has 0 radical (unpaired) electrons. The van der Waals surface area contributed by atoms with Gasteiger partial charge in [0.15, 0.2) is 11.5 Å². The summed E-state index contributed by atoms with van der Waals surface area (Å²) in [5.41, 5.74) is 4.14. The number of nitrogens with one attached hydrogen (secondary N) is 2. The predicted octanol–water partition coefficient (Wildman–Crippen LogP) is 3.81. The Kier molecular flexibility index (Phi) is 9.73. The number of aliphatic hydroxyl groups excluding tert-OH is 1. The van der Waals surface area contributed by atoms with Crippen LogP contribution in [-0.2, 0) is 9.47 Å². The summed E-state index contributed by atoms with van der Waals surface area (Å²) in [6.45, 7) is 0.687. The van der Waals surface area contributed by atoms with Crippen LogP contribution in [0.4, 0.5) is 20.3 Å². The fourth-order valence-electron chi connectivity index (χ4n) is 3.88. The SMILES string of the molecule is Cc1cc(Nc2nccn3c(-c4ccc(OC(F)F)cc4)cnc23)ccc1C(=O)NCCOCCOCCO. The molecule has 2 aromatic heterocycles. The molecule has 2 heterocycles. The molecule has 0 spiro atoms. The highest BCUT2D eigenvalue weighted by Crippen LogP contribution is 2.27. The number of aryl methyl sites for hydroxylation is 1. The Balaban J connectivity index is 1.38. The maximum absolute atomic E-state index is 12.6. The number of aromatic nitrogens is 3. The second kappa shape index (κ2) is 13.6. The molecule has 3 N–H and O–H groups in total. The van der Waals surface area contributed by atoms with Crippen LogP contribution in [0.2, 0.25) is 0 Å². The molecule has 0 fully saturated rings. The van der Waals surface area contributed by atoms with Crippen molar-refractivity contribution >= 4 is 23.1 Å². The van der Waals surface area contributed by atoms with Crippen molar-refractivity contribution in [1.29, 1.82) is 0 Å². The third kappa shape index (κ3) is 7.47. The minimum absolute atomic E-state index is 0.0273. The zero-order chi connectivity index (χ0) is 27.6. The molecule has 0 unspecified atom stereocenters. The number of anilines is 2. The normalized spacial score (nSPS) is 11.2. The molecule has 0 saturated carbocycles. The lowest BCUT2D eigenvalue weighted by Crippen LogP contribution is -2.28. The van der Waals surface area contributed by atoms with Crippen molar-refractivity contribution < 1.29 is 32.9 Å². The number of carbonyl (C=O) groups is 1. The van der Waals surface area contributed by atoms with E-state index in [0.29, 0.717) is 43.4 Å². The highest BCUT2D eigenvalue weighted by Gasteiger charge is 2.13. The van der Waals surface area contributed by atoms with Crippen LogP contribution >= 0.6 is 0 Å². The van der Waals surface area contributed by atoms with E-state index in [4.69, 9.17) is 14.6 Å². The van der Waals surface area contributed by atoms with Gasteiger partial charge in [-0.25, -0.2) is 9.97 Å². The Hall–Kier alpha value is -4.13. The van der Waals surface area contributed by atoms with Crippen molar-refractivity contribution in [3.63, 3.8) is 0 Å². The summed E-state index contributed by atoms with van der Waals surface area (Å²) in [5, 5.41) is 14.7.